The number of likely N-dealkylation sites (tertiary alicyclic amines) is 1. The van der Waals surface area contributed by atoms with E-state index in [1.807, 2.05) is 23.9 Å². The van der Waals surface area contributed by atoms with Crippen LogP contribution < -0.4 is 5.32 Å². The predicted octanol–water partition coefficient (Wildman–Crippen LogP) is 2.90. The fourth-order valence-corrected chi connectivity index (χ4v) is 4.82. The minimum atomic E-state index is -0.889. The first-order valence-electron chi connectivity index (χ1n) is 11.9. The molecule has 1 atom stereocenters. The molecule has 0 bridgehead atoms. The topological polar surface area (TPSA) is 73.0 Å². The monoisotopic (exact) mass is 460 g/mol. The van der Waals surface area contributed by atoms with E-state index in [2.05, 4.69) is 19.2 Å². The van der Waals surface area contributed by atoms with Crippen molar-refractivity contribution in [1.82, 2.24) is 20.0 Å². The SMILES string of the molecule is CC(C)CCC1(C2CCN(C(=O)Cc3ccc(F)cc3)CC2)NC(=O)N(CCN(C)C)C1=O. The van der Waals surface area contributed by atoms with Gasteiger partial charge in [-0.25, -0.2) is 9.18 Å². The van der Waals surface area contributed by atoms with Crippen LogP contribution in [0.3, 0.4) is 0 Å². The summed E-state index contributed by atoms with van der Waals surface area (Å²) in [7, 11) is 3.84. The largest absolute Gasteiger partial charge is 0.342 e. The van der Waals surface area contributed by atoms with Crippen molar-refractivity contribution >= 4 is 17.8 Å². The first kappa shape index (κ1) is 25.1. The second-order valence-electron chi connectivity index (χ2n) is 10.1. The summed E-state index contributed by atoms with van der Waals surface area (Å²) in [5.41, 5.74) is -0.105. The van der Waals surface area contributed by atoms with Crippen LogP contribution in [0.25, 0.3) is 0 Å². The van der Waals surface area contributed by atoms with Crippen molar-refractivity contribution < 1.29 is 18.8 Å². The van der Waals surface area contributed by atoms with Crippen LogP contribution in [-0.2, 0) is 16.0 Å². The zero-order chi connectivity index (χ0) is 24.2. The highest BCUT2D eigenvalue weighted by Crippen LogP contribution is 2.38. The summed E-state index contributed by atoms with van der Waals surface area (Å²) in [4.78, 5) is 44.3. The molecule has 7 nitrogen and oxygen atoms in total. The van der Waals surface area contributed by atoms with Crippen molar-refractivity contribution in [3.8, 4) is 0 Å². The third-order valence-electron chi connectivity index (χ3n) is 6.90. The van der Waals surface area contributed by atoms with Gasteiger partial charge in [-0.1, -0.05) is 26.0 Å². The number of nitrogens with zero attached hydrogens (tertiary/aromatic N) is 3. The van der Waals surface area contributed by atoms with Crippen LogP contribution in [0.1, 0.15) is 45.1 Å². The Bertz CT molecular complexity index is 850. The van der Waals surface area contributed by atoms with Gasteiger partial charge in [0.2, 0.25) is 5.91 Å². The number of carbonyl (C=O) groups is 3. The Morgan fingerprint density at radius 2 is 1.82 bits per heavy atom. The summed E-state index contributed by atoms with van der Waals surface area (Å²) in [6.45, 7) is 6.33. The molecule has 1 unspecified atom stereocenters. The normalized spacial score (nSPS) is 21.9. The fourth-order valence-electron chi connectivity index (χ4n) is 4.82. The number of imide groups is 1. The summed E-state index contributed by atoms with van der Waals surface area (Å²) in [6.07, 6.45) is 3.03. The average Bonchev–Trinajstić information content (AvgIpc) is 3.02. The molecule has 2 fully saturated rings. The van der Waals surface area contributed by atoms with E-state index in [1.165, 1.54) is 17.0 Å². The molecule has 1 N–H and O–H groups in total. The van der Waals surface area contributed by atoms with Crippen molar-refractivity contribution in [3.05, 3.63) is 35.6 Å². The number of carbonyl (C=O) groups excluding carboxylic acids is 3. The minimum absolute atomic E-state index is 0.00526. The third kappa shape index (κ3) is 5.91. The molecule has 2 aliphatic rings. The van der Waals surface area contributed by atoms with Gasteiger partial charge >= 0.3 is 6.03 Å². The van der Waals surface area contributed by atoms with E-state index in [-0.39, 0.29) is 36.0 Å². The van der Waals surface area contributed by atoms with Gasteiger partial charge in [-0.15, -0.1) is 0 Å². The van der Waals surface area contributed by atoms with Gasteiger partial charge in [-0.3, -0.25) is 14.5 Å². The molecule has 182 valence electrons. The van der Waals surface area contributed by atoms with E-state index in [0.717, 1.165) is 12.0 Å². The van der Waals surface area contributed by atoms with Crippen molar-refractivity contribution in [2.45, 2.75) is 51.5 Å². The first-order chi connectivity index (χ1) is 15.6. The van der Waals surface area contributed by atoms with Crippen LogP contribution in [-0.4, -0.2) is 78.4 Å². The van der Waals surface area contributed by atoms with Crippen LogP contribution in [0.15, 0.2) is 24.3 Å². The lowest BCUT2D eigenvalue weighted by molar-refractivity contribution is -0.136. The highest BCUT2D eigenvalue weighted by Gasteiger charge is 2.55. The summed E-state index contributed by atoms with van der Waals surface area (Å²) in [6, 6.07) is 5.69. The van der Waals surface area contributed by atoms with Gasteiger partial charge in [0.15, 0.2) is 0 Å². The van der Waals surface area contributed by atoms with E-state index in [1.54, 1.807) is 12.1 Å². The van der Waals surface area contributed by atoms with Crippen molar-refractivity contribution in [3.63, 3.8) is 0 Å². The third-order valence-corrected chi connectivity index (χ3v) is 6.90. The minimum Gasteiger partial charge on any atom is -0.342 e. The number of urea groups is 1. The summed E-state index contributed by atoms with van der Waals surface area (Å²) < 4.78 is 13.1. The fraction of sp³-hybridized carbons (Fsp3) is 0.640. The molecule has 8 heteroatoms. The number of amides is 4. The Hall–Kier alpha value is -2.48. The predicted molar refractivity (Wildman–Crippen MR) is 125 cm³/mol. The first-order valence-corrected chi connectivity index (χ1v) is 11.9. The Morgan fingerprint density at radius 3 is 2.39 bits per heavy atom. The lowest BCUT2D eigenvalue weighted by Crippen LogP contribution is -2.57. The van der Waals surface area contributed by atoms with Crippen molar-refractivity contribution in [2.75, 3.05) is 40.3 Å². The molecule has 0 aliphatic carbocycles. The van der Waals surface area contributed by atoms with Crippen LogP contribution in [0.5, 0.6) is 0 Å². The van der Waals surface area contributed by atoms with Gasteiger partial charge in [-0.2, -0.15) is 0 Å². The van der Waals surface area contributed by atoms with E-state index in [9.17, 15) is 18.8 Å². The molecule has 2 saturated heterocycles. The smallest absolute Gasteiger partial charge is 0.325 e. The summed E-state index contributed by atoms with van der Waals surface area (Å²) in [5.74, 6) is -0.0231. The number of halogens is 1. The Morgan fingerprint density at radius 1 is 1.18 bits per heavy atom. The van der Waals surface area contributed by atoms with Gasteiger partial charge in [0.1, 0.15) is 11.4 Å². The van der Waals surface area contributed by atoms with Crippen LogP contribution >= 0.6 is 0 Å². The summed E-state index contributed by atoms with van der Waals surface area (Å²) >= 11 is 0. The summed E-state index contributed by atoms with van der Waals surface area (Å²) in [5, 5.41) is 3.09. The lowest BCUT2D eigenvalue weighted by Gasteiger charge is -2.41. The molecule has 2 heterocycles. The van der Waals surface area contributed by atoms with Gasteiger partial charge in [0.25, 0.3) is 5.91 Å². The molecule has 0 saturated carbocycles. The van der Waals surface area contributed by atoms with Gasteiger partial charge in [0, 0.05) is 26.2 Å². The van der Waals surface area contributed by atoms with Gasteiger partial charge < -0.3 is 15.1 Å². The van der Waals surface area contributed by atoms with E-state index in [0.29, 0.717) is 51.4 Å². The molecule has 0 aromatic heterocycles. The molecule has 0 spiro atoms. The Labute approximate surface area is 196 Å². The highest BCUT2D eigenvalue weighted by molar-refractivity contribution is 6.07. The zero-order valence-electron chi connectivity index (χ0n) is 20.3. The maximum Gasteiger partial charge on any atom is 0.325 e. The van der Waals surface area contributed by atoms with E-state index >= 15 is 0 Å². The molecule has 2 aliphatic heterocycles. The Balaban J connectivity index is 1.68. The Kier molecular flexibility index (Phi) is 8.10. The van der Waals surface area contributed by atoms with Crippen LogP contribution in [0.2, 0.25) is 0 Å². The highest BCUT2D eigenvalue weighted by atomic mass is 19.1. The van der Waals surface area contributed by atoms with Gasteiger partial charge in [0.05, 0.1) is 6.42 Å². The molecular weight excluding hydrogens is 423 g/mol. The number of piperidine rings is 1. The van der Waals surface area contributed by atoms with Crippen LogP contribution in [0, 0.1) is 17.7 Å². The second-order valence-corrected chi connectivity index (χ2v) is 10.1. The molecular formula is C25H37FN4O3. The molecule has 3 rings (SSSR count). The number of benzene rings is 1. The van der Waals surface area contributed by atoms with Crippen molar-refractivity contribution in [2.24, 2.45) is 11.8 Å². The number of likely N-dealkylation sites (N-methyl/N-ethyl adjacent to an activating group) is 1. The van der Waals surface area contributed by atoms with Crippen molar-refractivity contribution in [1.29, 1.82) is 0 Å². The quantitative estimate of drug-likeness (QED) is 0.575. The molecule has 1 aromatic carbocycles. The maximum atomic E-state index is 13.6. The number of hydrogen-bond donors (Lipinski definition) is 1. The molecule has 0 radical (unpaired) electrons. The zero-order valence-corrected chi connectivity index (χ0v) is 20.3. The van der Waals surface area contributed by atoms with E-state index in [4.69, 9.17) is 0 Å². The van der Waals surface area contributed by atoms with Gasteiger partial charge in [-0.05, 0) is 69.3 Å². The standard InChI is InChI=1S/C25H37FN4O3/c1-18(2)9-12-25(23(32)30(24(33)27-25)16-15-28(3)4)20-10-13-29(14-11-20)22(31)17-19-5-7-21(26)8-6-19/h5-8,18,20H,9-17H2,1-4H3,(H,27,33). The lowest BCUT2D eigenvalue weighted by atomic mass is 9.73. The van der Waals surface area contributed by atoms with Crippen LogP contribution in [0.4, 0.5) is 9.18 Å². The second kappa shape index (κ2) is 10.6. The number of nitrogens with one attached hydrogen (secondary N) is 1. The average molecular weight is 461 g/mol. The number of rotatable bonds is 9. The van der Waals surface area contributed by atoms with E-state index < -0.39 is 5.54 Å². The molecule has 1 aromatic rings. The maximum absolute atomic E-state index is 13.6. The molecule has 33 heavy (non-hydrogen) atoms. The molecule has 4 amide bonds. The number of hydrogen-bond acceptors (Lipinski definition) is 4.